The number of aliphatic carboxylic acids is 1. The summed E-state index contributed by atoms with van der Waals surface area (Å²) in [6.07, 6.45) is 0.635. The van der Waals surface area contributed by atoms with Crippen LogP contribution in [0.3, 0.4) is 0 Å². The Morgan fingerprint density at radius 3 is 2.56 bits per heavy atom. The number of benzene rings is 1. The summed E-state index contributed by atoms with van der Waals surface area (Å²) in [7, 11) is 0. The van der Waals surface area contributed by atoms with Crippen molar-refractivity contribution in [2.75, 3.05) is 6.54 Å². The maximum absolute atomic E-state index is 12.6. The highest BCUT2D eigenvalue weighted by molar-refractivity contribution is 5.73. The van der Waals surface area contributed by atoms with Crippen LogP contribution in [-0.2, 0) is 24.1 Å². The zero-order valence-corrected chi connectivity index (χ0v) is 13.4. The fraction of sp³-hybridized carbons (Fsp3) is 0.412. The van der Waals surface area contributed by atoms with Gasteiger partial charge < -0.3 is 5.11 Å². The highest BCUT2D eigenvalue weighted by atomic mass is 19.4. The van der Waals surface area contributed by atoms with E-state index in [-0.39, 0.29) is 0 Å². The average Bonchev–Trinajstić information content (AvgIpc) is 3.17. The van der Waals surface area contributed by atoms with Gasteiger partial charge in [-0.1, -0.05) is 12.1 Å². The van der Waals surface area contributed by atoms with Crippen molar-refractivity contribution >= 4 is 5.97 Å². The Bertz CT molecular complexity index is 740. The van der Waals surface area contributed by atoms with Crippen molar-refractivity contribution in [2.24, 2.45) is 0 Å². The topological polar surface area (TPSA) is 58.4 Å². The van der Waals surface area contributed by atoms with Gasteiger partial charge in [-0.25, -0.2) is 0 Å². The van der Waals surface area contributed by atoms with Gasteiger partial charge >= 0.3 is 12.1 Å². The molecule has 0 amide bonds. The maximum atomic E-state index is 12.6. The van der Waals surface area contributed by atoms with Crippen LogP contribution < -0.4 is 0 Å². The normalized spacial score (nSPS) is 18.6. The molecule has 3 rings (SSSR count). The molecule has 1 atom stereocenters. The van der Waals surface area contributed by atoms with E-state index < -0.39 is 23.8 Å². The summed E-state index contributed by atoms with van der Waals surface area (Å²) in [6, 6.07) is 4.53. The van der Waals surface area contributed by atoms with E-state index in [4.69, 9.17) is 0 Å². The van der Waals surface area contributed by atoms with Crippen molar-refractivity contribution in [1.82, 2.24) is 14.7 Å². The molecule has 1 aliphatic rings. The van der Waals surface area contributed by atoms with Crippen molar-refractivity contribution in [1.29, 1.82) is 0 Å². The van der Waals surface area contributed by atoms with E-state index in [1.165, 1.54) is 12.1 Å². The van der Waals surface area contributed by atoms with E-state index in [0.29, 0.717) is 25.1 Å². The minimum atomic E-state index is -4.34. The van der Waals surface area contributed by atoms with Gasteiger partial charge in [0, 0.05) is 18.3 Å². The van der Waals surface area contributed by atoms with Crippen LogP contribution in [0.1, 0.15) is 29.5 Å². The average molecular weight is 353 g/mol. The van der Waals surface area contributed by atoms with E-state index in [1.54, 1.807) is 17.1 Å². The smallest absolute Gasteiger partial charge is 0.416 e. The number of aromatic nitrogens is 2. The third kappa shape index (κ3) is 4.19. The molecule has 2 heterocycles. The lowest BCUT2D eigenvalue weighted by Crippen LogP contribution is -2.35. The van der Waals surface area contributed by atoms with Crippen LogP contribution in [0.25, 0.3) is 0 Å². The number of carbonyl (C=O) groups is 1. The number of hydrogen-bond acceptors (Lipinski definition) is 3. The molecular weight excluding hydrogens is 335 g/mol. The zero-order chi connectivity index (χ0) is 18.0. The molecule has 1 saturated heterocycles. The van der Waals surface area contributed by atoms with E-state index in [9.17, 15) is 23.1 Å². The molecule has 0 bridgehead atoms. The van der Waals surface area contributed by atoms with Crippen LogP contribution in [-0.4, -0.2) is 38.3 Å². The Morgan fingerprint density at radius 1 is 1.20 bits per heavy atom. The Balaban J connectivity index is 1.63. The van der Waals surface area contributed by atoms with E-state index in [1.807, 2.05) is 4.90 Å². The first-order valence-electron chi connectivity index (χ1n) is 7.97. The van der Waals surface area contributed by atoms with Crippen molar-refractivity contribution in [3.8, 4) is 0 Å². The zero-order valence-electron chi connectivity index (χ0n) is 13.4. The lowest BCUT2D eigenvalue weighted by Gasteiger charge is -2.19. The molecule has 0 spiro atoms. The largest absolute Gasteiger partial charge is 0.480 e. The quantitative estimate of drug-likeness (QED) is 0.898. The Labute approximate surface area is 142 Å². The third-order valence-corrected chi connectivity index (χ3v) is 4.35. The fourth-order valence-electron chi connectivity index (χ4n) is 3.09. The number of halogens is 3. The molecule has 1 aromatic carbocycles. The summed E-state index contributed by atoms with van der Waals surface area (Å²) in [5.41, 5.74) is 0.929. The summed E-state index contributed by atoms with van der Waals surface area (Å²) >= 11 is 0. The first-order chi connectivity index (χ1) is 11.8. The number of alkyl halides is 3. The lowest BCUT2D eigenvalue weighted by atomic mass is 10.1. The molecule has 1 N–H and O–H groups in total. The minimum absolute atomic E-state index is 0.362. The van der Waals surface area contributed by atoms with Crippen molar-refractivity contribution in [3.05, 3.63) is 53.3 Å². The van der Waals surface area contributed by atoms with Crippen LogP contribution in [0.4, 0.5) is 13.2 Å². The molecule has 0 unspecified atom stereocenters. The first-order valence-corrected chi connectivity index (χ1v) is 7.97. The number of rotatable bonds is 5. The second-order valence-corrected chi connectivity index (χ2v) is 6.21. The summed E-state index contributed by atoms with van der Waals surface area (Å²) in [6.45, 7) is 1.60. The number of likely N-dealkylation sites (tertiary alicyclic amines) is 1. The van der Waals surface area contributed by atoms with Gasteiger partial charge in [-0.05, 0) is 37.1 Å². The summed E-state index contributed by atoms with van der Waals surface area (Å²) < 4.78 is 39.3. The van der Waals surface area contributed by atoms with Crippen molar-refractivity contribution < 1.29 is 23.1 Å². The van der Waals surface area contributed by atoms with E-state index in [2.05, 4.69) is 5.10 Å². The summed E-state index contributed by atoms with van der Waals surface area (Å²) in [5.74, 6) is -0.811. The van der Waals surface area contributed by atoms with Crippen LogP contribution >= 0.6 is 0 Å². The van der Waals surface area contributed by atoms with Gasteiger partial charge in [0.1, 0.15) is 6.04 Å². The molecule has 134 valence electrons. The first kappa shape index (κ1) is 17.5. The predicted octanol–water partition coefficient (Wildman–Crippen LogP) is 3.00. The monoisotopic (exact) mass is 353 g/mol. The molecule has 25 heavy (non-hydrogen) atoms. The van der Waals surface area contributed by atoms with Crippen LogP contribution in [0.5, 0.6) is 0 Å². The molecule has 5 nitrogen and oxygen atoms in total. The standard InChI is InChI=1S/C17H18F3N3O2/c18-17(19,20)14-5-3-12(4-6-14)10-23-11-13(8-21-23)9-22-7-1-2-15(22)16(24)25/h3-6,8,11,15H,1-2,7,9-10H2,(H,24,25)/t15-/m0/s1. The molecule has 8 heteroatoms. The molecule has 0 saturated carbocycles. The van der Waals surface area contributed by atoms with Crippen LogP contribution in [0.2, 0.25) is 0 Å². The third-order valence-electron chi connectivity index (χ3n) is 4.35. The molecule has 1 aromatic heterocycles. The Hall–Kier alpha value is -2.35. The molecule has 1 aliphatic heterocycles. The van der Waals surface area contributed by atoms with Gasteiger partial charge in [0.2, 0.25) is 0 Å². The van der Waals surface area contributed by atoms with Gasteiger partial charge in [-0.15, -0.1) is 0 Å². The molecule has 2 aromatic rings. The predicted molar refractivity (Wildman–Crippen MR) is 83.8 cm³/mol. The summed E-state index contributed by atoms with van der Waals surface area (Å²) in [5, 5.41) is 13.4. The SMILES string of the molecule is O=C(O)[C@@H]1CCCN1Cc1cnn(Cc2ccc(C(F)(F)F)cc2)c1. The highest BCUT2D eigenvalue weighted by Crippen LogP contribution is 2.29. The van der Waals surface area contributed by atoms with E-state index in [0.717, 1.165) is 30.7 Å². The van der Waals surface area contributed by atoms with Gasteiger partial charge in [0.15, 0.2) is 0 Å². The second kappa shape index (κ2) is 6.87. The van der Waals surface area contributed by atoms with E-state index >= 15 is 0 Å². The highest BCUT2D eigenvalue weighted by Gasteiger charge is 2.31. The Morgan fingerprint density at radius 2 is 1.92 bits per heavy atom. The maximum Gasteiger partial charge on any atom is 0.416 e. The number of hydrogen-bond donors (Lipinski definition) is 1. The number of carboxylic acids is 1. The van der Waals surface area contributed by atoms with Crippen molar-refractivity contribution in [3.63, 3.8) is 0 Å². The molecular formula is C17H18F3N3O2. The molecule has 1 fully saturated rings. The van der Waals surface area contributed by atoms with Gasteiger partial charge in [0.25, 0.3) is 0 Å². The fourth-order valence-corrected chi connectivity index (χ4v) is 3.09. The lowest BCUT2D eigenvalue weighted by molar-refractivity contribution is -0.142. The van der Waals surface area contributed by atoms with Crippen LogP contribution in [0, 0.1) is 0 Å². The second-order valence-electron chi connectivity index (χ2n) is 6.21. The minimum Gasteiger partial charge on any atom is -0.480 e. The molecule has 0 radical (unpaired) electrons. The van der Waals surface area contributed by atoms with Crippen molar-refractivity contribution in [2.45, 2.75) is 38.1 Å². The van der Waals surface area contributed by atoms with Crippen LogP contribution in [0.15, 0.2) is 36.7 Å². The summed E-state index contributed by atoms with van der Waals surface area (Å²) in [4.78, 5) is 13.1. The van der Waals surface area contributed by atoms with Gasteiger partial charge in [-0.2, -0.15) is 18.3 Å². The number of nitrogens with zero attached hydrogens (tertiary/aromatic N) is 3. The number of carboxylic acid groups (broad SMARTS) is 1. The Kier molecular flexibility index (Phi) is 4.80. The van der Waals surface area contributed by atoms with Gasteiger partial charge in [0.05, 0.1) is 18.3 Å². The van der Waals surface area contributed by atoms with Gasteiger partial charge in [-0.3, -0.25) is 14.4 Å². The molecule has 0 aliphatic carbocycles.